The minimum absolute atomic E-state index is 0.0311. The van der Waals surface area contributed by atoms with Crippen molar-refractivity contribution in [3.63, 3.8) is 0 Å². The van der Waals surface area contributed by atoms with Crippen molar-refractivity contribution in [3.05, 3.63) is 40.7 Å². The first-order chi connectivity index (χ1) is 9.19. The lowest BCUT2D eigenvalue weighted by atomic mass is 9.82. The summed E-state index contributed by atoms with van der Waals surface area (Å²) < 4.78 is 1.91. The average Bonchev–Trinajstić information content (AvgIpc) is 2.69. The molecule has 4 heteroatoms. The fraction of sp³-hybridized carbons (Fsp3) is 0.467. The zero-order valence-corrected chi connectivity index (χ0v) is 11.4. The van der Waals surface area contributed by atoms with Gasteiger partial charge in [0.2, 0.25) is 0 Å². The first-order valence-electron chi connectivity index (χ1n) is 6.83. The monoisotopic (exact) mass is 257 g/mol. The Kier molecular flexibility index (Phi) is 3.11. The summed E-state index contributed by atoms with van der Waals surface area (Å²) in [6, 6.07) is 6.38. The Hall–Kier alpha value is -1.68. The van der Waals surface area contributed by atoms with Crippen LogP contribution >= 0.6 is 0 Å². The summed E-state index contributed by atoms with van der Waals surface area (Å²) in [6.45, 7) is 4.14. The molecule has 0 unspecified atom stereocenters. The highest BCUT2D eigenvalue weighted by Crippen LogP contribution is 2.38. The maximum absolute atomic E-state index is 9.44. The molecule has 0 aliphatic heterocycles. The number of benzene rings is 1. The quantitative estimate of drug-likeness (QED) is 0.919. The molecule has 1 aromatic carbocycles. The van der Waals surface area contributed by atoms with Crippen LogP contribution in [0.4, 0.5) is 0 Å². The van der Waals surface area contributed by atoms with Crippen molar-refractivity contribution in [3.8, 4) is 5.69 Å². The van der Waals surface area contributed by atoms with Gasteiger partial charge in [0.25, 0.3) is 0 Å². The van der Waals surface area contributed by atoms with Gasteiger partial charge in [-0.1, -0.05) is 17.7 Å². The first kappa shape index (κ1) is 12.4. The summed E-state index contributed by atoms with van der Waals surface area (Å²) in [6.07, 6.45) is 3.60. The zero-order valence-electron chi connectivity index (χ0n) is 11.4. The third-order valence-electron chi connectivity index (χ3n) is 3.87. The van der Waals surface area contributed by atoms with Crippen molar-refractivity contribution in [2.45, 2.75) is 45.6 Å². The van der Waals surface area contributed by atoms with E-state index in [1.807, 2.05) is 4.68 Å². The molecule has 100 valence electrons. The Balaban J connectivity index is 2.11. The summed E-state index contributed by atoms with van der Waals surface area (Å²) in [5, 5.41) is 17.8. The second-order valence-corrected chi connectivity index (χ2v) is 5.47. The third-order valence-corrected chi connectivity index (χ3v) is 3.87. The van der Waals surface area contributed by atoms with Crippen LogP contribution in [0.3, 0.4) is 0 Å². The Labute approximate surface area is 113 Å². The molecular formula is C15H19N3O. The lowest BCUT2D eigenvalue weighted by Crippen LogP contribution is -2.16. The molecule has 3 rings (SSSR count). The molecule has 1 aromatic heterocycles. The van der Waals surface area contributed by atoms with E-state index in [0.29, 0.717) is 5.92 Å². The van der Waals surface area contributed by atoms with E-state index in [1.54, 1.807) is 0 Å². The van der Waals surface area contributed by atoms with Crippen molar-refractivity contribution >= 4 is 0 Å². The van der Waals surface area contributed by atoms with Crippen LogP contribution < -0.4 is 0 Å². The second-order valence-electron chi connectivity index (χ2n) is 5.47. The minimum Gasteiger partial charge on any atom is -0.390 e. The predicted molar refractivity (Wildman–Crippen MR) is 73.3 cm³/mol. The fourth-order valence-corrected chi connectivity index (χ4v) is 2.79. The van der Waals surface area contributed by atoms with Crippen molar-refractivity contribution in [2.24, 2.45) is 0 Å². The summed E-state index contributed by atoms with van der Waals surface area (Å²) in [5.41, 5.74) is 5.31. The molecule has 0 radical (unpaired) electrons. The van der Waals surface area contributed by atoms with Crippen LogP contribution in [0.1, 0.15) is 47.7 Å². The number of rotatable bonds is 3. The van der Waals surface area contributed by atoms with Crippen LogP contribution in [-0.2, 0) is 6.61 Å². The van der Waals surface area contributed by atoms with Gasteiger partial charge in [0.15, 0.2) is 0 Å². The highest BCUT2D eigenvalue weighted by Gasteiger charge is 2.27. The van der Waals surface area contributed by atoms with Gasteiger partial charge in [-0.25, -0.2) is 4.68 Å². The number of nitrogens with zero attached hydrogens (tertiary/aromatic N) is 3. The van der Waals surface area contributed by atoms with E-state index >= 15 is 0 Å². The lowest BCUT2D eigenvalue weighted by molar-refractivity contribution is 0.272. The van der Waals surface area contributed by atoms with E-state index in [9.17, 15) is 5.11 Å². The first-order valence-corrected chi connectivity index (χ1v) is 6.83. The Morgan fingerprint density at radius 3 is 2.42 bits per heavy atom. The summed E-state index contributed by atoms with van der Waals surface area (Å²) in [7, 11) is 0. The van der Waals surface area contributed by atoms with E-state index in [1.165, 1.54) is 30.4 Å². The molecule has 0 bridgehead atoms. The van der Waals surface area contributed by atoms with Gasteiger partial charge in [0, 0.05) is 5.92 Å². The van der Waals surface area contributed by atoms with Crippen LogP contribution in [0.5, 0.6) is 0 Å². The van der Waals surface area contributed by atoms with Gasteiger partial charge < -0.3 is 5.11 Å². The molecule has 1 heterocycles. The van der Waals surface area contributed by atoms with E-state index in [2.05, 4.69) is 42.4 Å². The molecule has 2 aromatic rings. The normalized spacial score (nSPS) is 15.5. The van der Waals surface area contributed by atoms with Crippen LogP contribution in [0.15, 0.2) is 18.2 Å². The number of aromatic nitrogens is 3. The molecule has 0 amide bonds. The molecule has 0 atom stereocenters. The Bertz CT molecular complexity index is 579. The van der Waals surface area contributed by atoms with Crippen LogP contribution in [0.2, 0.25) is 0 Å². The highest BCUT2D eigenvalue weighted by molar-refractivity contribution is 5.41. The number of hydrogen-bond donors (Lipinski definition) is 1. The van der Waals surface area contributed by atoms with Gasteiger partial charge in [0.05, 0.1) is 18.0 Å². The summed E-state index contributed by atoms with van der Waals surface area (Å²) in [4.78, 5) is 0. The van der Waals surface area contributed by atoms with E-state index in [-0.39, 0.29) is 6.61 Å². The molecule has 1 aliphatic carbocycles. The van der Waals surface area contributed by atoms with Crippen molar-refractivity contribution in [1.82, 2.24) is 15.0 Å². The molecule has 1 N–H and O–H groups in total. The minimum atomic E-state index is -0.0311. The van der Waals surface area contributed by atoms with E-state index < -0.39 is 0 Å². The molecule has 1 fully saturated rings. The molecule has 4 nitrogen and oxygen atoms in total. The Morgan fingerprint density at radius 2 is 1.89 bits per heavy atom. The zero-order chi connectivity index (χ0) is 13.4. The van der Waals surface area contributed by atoms with Gasteiger partial charge in [-0.2, -0.15) is 0 Å². The van der Waals surface area contributed by atoms with Gasteiger partial charge in [-0.15, -0.1) is 5.10 Å². The van der Waals surface area contributed by atoms with Gasteiger partial charge in [-0.3, -0.25) is 0 Å². The summed E-state index contributed by atoms with van der Waals surface area (Å²) >= 11 is 0. The molecule has 1 saturated carbocycles. The largest absolute Gasteiger partial charge is 0.390 e. The maximum atomic E-state index is 9.44. The van der Waals surface area contributed by atoms with Crippen LogP contribution in [0, 0.1) is 13.8 Å². The molecular weight excluding hydrogens is 238 g/mol. The predicted octanol–water partition coefficient (Wildman–Crippen LogP) is 2.64. The number of aryl methyl sites for hydroxylation is 2. The number of aliphatic hydroxyl groups excluding tert-OH is 1. The standard InChI is InChI=1S/C15H19N3O/c1-10-6-11(2)8-13(7-10)18-15(12-4-3-5-12)14(9-19)16-17-18/h6-8,12,19H,3-5,9H2,1-2H3. The van der Waals surface area contributed by atoms with Crippen molar-refractivity contribution in [1.29, 1.82) is 0 Å². The molecule has 1 aliphatic rings. The number of aliphatic hydroxyl groups is 1. The van der Waals surface area contributed by atoms with E-state index in [4.69, 9.17) is 0 Å². The fourth-order valence-electron chi connectivity index (χ4n) is 2.79. The maximum Gasteiger partial charge on any atom is 0.112 e. The topological polar surface area (TPSA) is 50.9 Å². The van der Waals surface area contributed by atoms with Crippen molar-refractivity contribution in [2.75, 3.05) is 0 Å². The van der Waals surface area contributed by atoms with Gasteiger partial charge >= 0.3 is 0 Å². The highest BCUT2D eigenvalue weighted by atomic mass is 16.3. The second kappa shape index (κ2) is 4.78. The smallest absolute Gasteiger partial charge is 0.112 e. The lowest BCUT2D eigenvalue weighted by Gasteiger charge is -2.26. The van der Waals surface area contributed by atoms with Crippen LogP contribution in [0.25, 0.3) is 5.69 Å². The number of hydrogen-bond acceptors (Lipinski definition) is 3. The Morgan fingerprint density at radius 1 is 1.21 bits per heavy atom. The molecule has 0 saturated heterocycles. The van der Waals surface area contributed by atoms with Gasteiger partial charge in [-0.05, 0) is 49.9 Å². The SMILES string of the molecule is Cc1cc(C)cc(-n2nnc(CO)c2C2CCC2)c1. The van der Waals surface area contributed by atoms with Crippen molar-refractivity contribution < 1.29 is 5.11 Å². The van der Waals surface area contributed by atoms with Crippen LogP contribution in [-0.4, -0.2) is 20.1 Å². The third kappa shape index (κ3) is 2.16. The average molecular weight is 257 g/mol. The molecule has 0 spiro atoms. The summed E-state index contributed by atoms with van der Waals surface area (Å²) in [5.74, 6) is 0.498. The molecule has 19 heavy (non-hydrogen) atoms. The van der Waals surface area contributed by atoms with E-state index in [0.717, 1.165) is 17.1 Å². The van der Waals surface area contributed by atoms with Gasteiger partial charge in [0.1, 0.15) is 5.69 Å².